The lowest BCUT2D eigenvalue weighted by atomic mass is 9.87. The molecule has 0 saturated carbocycles. The zero-order chi connectivity index (χ0) is 16.4. The van der Waals surface area contributed by atoms with Gasteiger partial charge in [0.2, 0.25) is 0 Å². The lowest BCUT2D eigenvalue weighted by Gasteiger charge is -2.24. The molecule has 0 amide bonds. The molecule has 0 radical (unpaired) electrons. The molecule has 0 atom stereocenters. The molecule has 0 aliphatic carbocycles. The highest BCUT2D eigenvalue weighted by molar-refractivity contribution is 5.69. The minimum absolute atomic E-state index is 0.0229. The molecule has 0 unspecified atom stereocenters. The smallest absolute Gasteiger partial charge is 0.317 e. The molecule has 122 valence electrons. The van der Waals surface area contributed by atoms with Crippen LogP contribution in [-0.4, -0.2) is 13.1 Å². The number of nitrogens with one attached hydrogen (secondary N) is 1. The van der Waals surface area contributed by atoms with Gasteiger partial charge in [-0.3, -0.25) is 0 Å². The van der Waals surface area contributed by atoms with E-state index in [1.807, 2.05) is 0 Å². The average Bonchev–Trinajstić information content (AvgIpc) is 2.54. The highest BCUT2D eigenvalue weighted by Crippen LogP contribution is 2.38. The normalized spacial score (nSPS) is 16.5. The lowest BCUT2D eigenvalue weighted by Crippen LogP contribution is -2.26. The third kappa shape index (κ3) is 3.55. The SMILES string of the molecule is Fc1cc(-c2ccccc2C(F)(F)F)cc(C2CCNCC2)c1. The molecule has 1 aliphatic heterocycles. The Labute approximate surface area is 132 Å². The van der Waals surface area contributed by atoms with Gasteiger partial charge in [-0.15, -0.1) is 0 Å². The second kappa shape index (κ2) is 6.32. The summed E-state index contributed by atoms with van der Waals surface area (Å²) in [7, 11) is 0. The van der Waals surface area contributed by atoms with Crippen LogP contribution in [0.4, 0.5) is 17.6 Å². The van der Waals surface area contributed by atoms with E-state index in [2.05, 4.69) is 5.32 Å². The van der Waals surface area contributed by atoms with Crippen molar-refractivity contribution in [2.75, 3.05) is 13.1 Å². The predicted molar refractivity (Wildman–Crippen MR) is 81.7 cm³/mol. The van der Waals surface area contributed by atoms with Gasteiger partial charge in [-0.1, -0.05) is 24.3 Å². The average molecular weight is 323 g/mol. The van der Waals surface area contributed by atoms with Gasteiger partial charge < -0.3 is 5.32 Å². The molecule has 0 aromatic heterocycles. The van der Waals surface area contributed by atoms with E-state index < -0.39 is 17.6 Å². The molecular weight excluding hydrogens is 306 g/mol. The highest BCUT2D eigenvalue weighted by atomic mass is 19.4. The van der Waals surface area contributed by atoms with Gasteiger partial charge >= 0.3 is 6.18 Å². The maximum Gasteiger partial charge on any atom is 0.417 e. The molecule has 1 aliphatic rings. The molecule has 5 heteroatoms. The van der Waals surface area contributed by atoms with Crippen molar-refractivity contribution in [2.24, 2.45) is 0 Å². The van der Waals surface area contributed by atoms with Crippen LogP contribution in [0.5, 0.6) is 0 Å². The zero-order valence-corrected chi connectivity index (χ0v) is 12.5. The molecular formula is C18H17F4N. The summed E-state index contributed by atoms with van der Waals surface area (Å²) < 4.78 is 53.6. The Morgan fingerprint density at radius 3 is 2.35 bits per heavy atom. The van der Waals surface area contributed by atoms with Crippen molar-refractivity contribution in [3.63, 3.8) is 0 Å². The second-order valence-electron chi connectivity index (χ2n) is 5.84. The molecule has 2 aromatic rings. The largest absolute Gasteiger partial charge is 0.417 e. The minimum Gasteiger partial charge on any atom is -0.317 e. The Hall–Kier alpha value is -1.88. The summed E-state index contributed by atoms with van der Waals surface area (Å²) in [5.74, 6) is -0.309. The number of halogens is 4. The minimum atomic E-state index is -4.46. The Morgan fingerprint density at radius 1 is 0.957 bits per heavy atom. The molecule has 1 heterocycles. The first-order valence-electron chi connectivity index (χ1n) is 7.63. The van der Waals surface area contributed by atoms with E-state index in [0.717, 1.165) is 37.6 Å². The Kier molecular flexibility index (Phi) is 4.39. The van der Waals surface area contributed by atoms with Crippen molar-refractivity contribution in [3.8, 4) is 11.1 Å². The van der Waals surface area contributed by atoms with Gasteiger partial charge in [0.1, 0.15) is 5.82 Å². The van der Waals surface area contributed by atoms with Gasteiger partial charge in [-0.05, 0) is 66.7 Å². The summed E-state index contributed by atoms with van der Waals surface area (Å²) in [6.45, 7) is 1.69. The van der Waals surface area contributed by atoms with Crippen LogP contribution in [0.1, 0.15) is 29.9 Å². The van der Waals surface area contributed by atoms with Crippen molar-refractivity contribution in [3.05, 3.63) is 59.4 Å². The van der Waals surface area contributed by atoms with Crippen molar-refractivity contribution < 1.29 is 17.6 Å². The highest BCUT2D eigenvalue weighted by Gasteiger charge is 2.33. The quantitative estimate of drug-likeness (QED) is 0.769. The number of alkyl halides is 3. The summed E-state index contributed by atoms with van der Waals surface area (Å²) >= 11 is 0. The lowest BCUT2D eigenvalue weighted by molar-refractivity contribution is -0.137. The van der Waals surface area contributed by atoms with E-state index >= 15 is 0 Å². The van der Waals surface area contributed by atoms with Gasteiger partial charge in [-0.25, -0.2) is 4.39 Å². The van der Waals surface area contributed by atoms with Crippen molar-refractivity contribution in [2.45, 2.75) is 24.9 Å². The molecule has 23 heavy (non-hydrogen) atoms. The first-order valence-corrected chi connectivity index (χ1v) is 7.63. The van der Waals surface area contributed by atoms with Crippen LogP contribution in [0.15, 0.2) is 42.5 Å². The van der Waals surface area contributed by atoms with E-state index in [-0.39, 0.29) is 17.0 Å². The predicted octanol–water partition coefficient (Wildman–Crippen LogP) is 4.98. The van der Waals surface area contributed by atoms with E-state index in [4.69, 9.17) is 0 Å². The summed E-state index contributed by atoms with van der Waals surface area (Å²) in [5, 5.41) is 3.23. The summed E-state index contributed by atoms with van der Waals surface area (Å²) in [6.07, 6.45) is -2.73. The van der Waals surface area contributed by atoms with Crippen molar-refractivity contribution >= 4 is 0 Å². The van der Waals surface area contributed by atoms with Crippen LogP contribution in [0, 0.1) is 5.82 Å². The number of hydrogen-bond acceptors (Lipinski definition) is 1. The Balaban J connectivity index is 2.05. The fraction of sp³-hybridized carbons (Fsp3) is 0.333. The van der Waals surface area contributed by atoms with Crippen molar-refractivity contribution in [1.29, 1.82) is 0 Å². The van der Waals surface area contributed by atoms with Crippen molar-refractivity contribution in [1.82, 2.24) is 5.32 Å². The number of hydrogen-bond donors (Lipinski definition) is 1. The first kappa shape index (κ1) is 16.0. The van der Waals surface area contributed by atoms with Gasteiger partial charge in [-0.2, -0.15) is 13.2 Å². The van der Waals surface area contributed by atoms with Gasteiger partial charge in [0.15, 0.2) is 0 Å². The van der Waals surface area contributed by atoms with Crippen LogP contribution in [0.3, 0.4) is 0 Å². The summed E-state index contributed by atoms with van der Waals surface area (Å²) in [6, 6.07) is 9.63. The molecule has 0 bridgehead atoms. The summed E-state index contributed by atoms with van der Waals surface area (Å²) in [5.41, 5.74) is 0.349. The van der Waals surface area contributed by atoms with Crippen LogP contribution in [0.25, 0.3) is 11.1 Å². The Bertz CT molecular complexity index is 688. The molecule has 0 spiro atoms. The molecule has 1 nitrogen and oxygen atoms in total. The molecule has 3 rings (SSSR count). The van der Waals surface area contributed by atoms with E-state index in [1.165, 1.54) is 24.3 Å². The molecule has 1 fully saturated rings. The maximum atomic E-state index is 14.0. The van der Waals surface area contributed by atoms with Crippen LogP contribution < -0.4 is 5.32 Å². The van der Waals surface area contributed by atoms with E-state index in [0.29, 0.717) is 0 Å². The number of rotatable bonds is 2. The zero-order valence-electron chi connectivity index (χ0n) is 12.5. The Morgan fingerprint density at radius 2 is 1.65 bits per heavy atom. The maximum absolute atomic E-state index is 14.0. The van der Waals surface area contributed by atoms with E-state index in [1.54, 1.807) is 12.1 Å². The summed E-state index contributed by atoms with van der Waals surface area (Å²) in [4.78, 5) is 0. The monoisotopic (exact) mass is 323 g/mol. The fourth-order valence-electron chi connectivity index (χ4n) is 3.14. The second-order valence-corrected chi connectivity index (χ2v) is 5.84. The molecule has 1 saturated heterocycles. The molecule has 1 N–H and O–H groups in total. The number of benzene rings is 2. The topological polar surface area (TPSA) is 12.0 Å². The fourth-order valence-corrected chi connectivity index (χ4v) is 3.14. The third-order valence-corrected chi connectivity index (χ3v) is 4.27. The van der Waals surface area contributed by atoms with Crippen LogP contribution in [0.2, 0.25) is 0 Å². The molecule has 2 aromatic carbocycles. The standard InChI is InChI=1S/C18H17F4N/c19-15-10-13(12-5-7-23-8-6-12)9-14(11-15)16-3-1-2-4-17(16)18(20,21)22/h1-4,9-12,23H,5-8H2. The van der Waals surface area contributed by atoms with Crippen LogP contribution >= 0.6 is 0 Å². The van der Waals surface area contributed by atoms with Gasteiger partial charge in [0.05, 0.1) is 5.56 Å². The first-order chi connectivity index (χ1) is 10.9. The van der Waals surface area contributed by atoms with Gasteiger partial charge in [0, 0.05) is 0 Å². The van der Waals surface area contributed by atoms with Crippen LogP contribution in [-0.2, 0) is 6.18 Å². The third-order valence-electron chi connectivity index (χ3n) is 4.27. The number of piperidine rings is 1. The van der Waals surface area contributed by atoms with Gasteiger partial charge in [0.25, 0.3) is 0 Å². The van der Waals surface area contributed by atoms with E-state index in [9.17, 15) is 17.6 Å².